The second-order valence-electron chi connectivity index (χ2n) is 3.12. The van der Waals surface area contributed by atoms with Crippen molar-refractivity contribution < 1.29 is 23.8 Å². The summed E-state index contributed by atoms with van der Waals surface area (Å²) in [5.41, 5.74) is -1.09. The van der Waals surface area contributed by atoms with Crippen LogP contribution in [0.1, 0.15) is 20.3 Å². The first-order valence-electron chi connectivity index (χ1n) is 4.48. The van der Waals surface area contributed by atoms with Gasteiger partial charge in [-0.1, -0.05) is 0 Å². The van der Waals surface area contributed by atoms with Gasteiger partial charge in [0.05, 0.1) is 26.2 Å². The molecule has 0 bridgehead atoms. The van der Waals surface area contributed by atoms with Crippen LogP contribution in [-0.2, 0) is 23.8 Å². The molecule has 0 aromatic heterocycles. The number of hydrogen-bond acceptors (Lipinski definition) is 5. The number of rotatable bonds is 4. The van der Waals surface area contributed by atoms with Crippen LogP contribution in [0.2, 0.25) is 0 Å². The number of ether oxygens (including phenoxy) is 3. The van der Waals surface area contributed by atoms with Gasteiger partial charge in [0, 0.05) is 0 Å². The molecule has 1 aliphatic rings. The van der Waals surface area contributed by atoms with E-state index < -0.39 is 17.5 Å². The van der Waals surface area contributed by atoms with Crippen LogP contribution in [0.5, 0.6) is 0 Å². The molecule has 0 N–H and O–H groups in total. The Labute approximate surface area is 82.3 Å². The lowest BCUT2D eigenvalue weighted by Crippen LogP contribution is -2.32. The van der Waals surface area contributed by atoms with E-state index in [-0.39, 0.29) is 19.1 Å². The minimum Gasteiger partial charge on any atom is -0.469 e. The summed E-state index contributed by atoms with van der Waals surface area (Å²) in [6.07, 6.45) is -0.357. The Morgan fingerprint density at radius 3 is 2.43 bits per heavy atom. The Kier molecular flexibility index (Phi) is 3.10. The minimum absolute atomic E-state index is 0.0799. The zero-order valence-electron chi connectivity index (χ0n) is 8.53. The fraction of sp³-hybridized carbons (Fsp3) is 0.778. The van der Waals surface area contributed by atoms with E-state index in [1.54, 1.807) is 13.8 Å². The smallest absolute Gasteiger partial charge is 0.341 e. The highest BCUT2D eigenvalue weighted by atomic mass is 16.7. The molecule has 14 heavy (non-hydrogen) atoms. The maximum absolute atomic E-state index is 11.4. The molecule has 0 saturated carbocycles. The highest BCUT2D eigenvalue weighted by molar-refractivity contribution is 5.89. The van der Waals surface area contributed by atoms with Crippen LogP contribution in [0.25, 0.3) is 0 Å². The summed E-state index contributed by atoms with van der Waals surface area (Å²) in [5, 5.41) is 0. The number of carbonyl (C=O) groups is 2. The summed E-state index contributed by atoms with van der Waals surface area (Å²) in [6, 6.07) is 0. The van der Waals surface area contributed by atoms with Crippen LogP contribution < -0.4 is 0 Å². The van der Waals surface area contributed by atoms with Crippen LogP contribution in [0, 0.1) is 0 Å². The number of epoxide rings is 1. The first-order valence-corrected chi connectivity index (χ1v) is 4.48. The van der Waals surface area contributed by atoms with E-state index in [4.69, 9.17) is 9.47 Å². The van der Waals surface area contributed by atoms with Gasteiger partial charge in [0.25, 0.3) is 0 Å². The molecular formula is C9H14O5. The van der Waals surface area contributed by atoms with Crippen molar-refractivity contribution in [3.05, 3.63) is 0 Å². The van der Waals surface area contributed by atoms with Gasteiger partial charge in [-0.15, -0.1) is 0 Å². The quantitative estimate of drug-likeness (QED) is 0.483. The number of esters is 2. The molecule has 0 aliphatic carbocycles. The largest absolute Gasteiger partial charge is 0.469 e. The van der Waals surface area contributed by atoms with Crippen LogP contribution in [-0.4, -0.2) is 37.4 Å². The molecule has 1 fully saturated rings. The van der Waals surface area contributed by atoms with E-state index in [1.165, 1.54) is 7.11 Å². The van der Waals surface area contributed by atoms with E-state index in [9.17, 15) is 9.59 Å². The summed E-state index contributed by atoms with van der Waals surface area (Å²) in [6.45, 7) is 3.70. The molecule has 1 aliphatic heterocycles. The second-order valence-corrected chi connectivity index (χ2v) is 3.12. The van der Waals surface area contributed by atoms with Crippen molar-refractivity contribution in [1.29, 1.82) is 0 Å². The van der Waals surface area contributed by atoms with Crippen molar-refractivity contribution in [3.63, 3.8) is 0 Å². The van der Waals surface area contributed by atoms with Gasteiger partial charge in [-0.2, -0.15) is 0 Å². The van der Waals surface area contributed by atoms with Crippen LogP contribution >= 0.6 is 0 Å². The molecule has 0 spiro atoms. The highest BCUT2D eigenvalue weighted by Crippen LogP contribution is 2.40. The summed E-state index contributed by atoms with van der Waals surface area (Å²) < 4.78 is 14.4. The summed E-state index contributed by atoms with van der Waals surface area (Å²) in [4.78, 5) is 22.4. The molecule has 5 heteroatoms. The van der Waals surface area contributed by atoms with Gasteiger partial charge in [-0.05, 0) is 13.8 Å². The van der Waals surface area contributed by atoms with E-state index in [2.05, 4.69) is 4.74 Å². The Morgan fingerprint density at radius 1 is 1.50 bits per heavy atom. The van der Waals surface area contributed by atoms with Gasteiger partial charge in [0.2, 0.25) is 5.60 Å². The van der Waals surface area contributed by atoms with E-state index in [0.29, 0.717) is 0 Å². The summed E-state index contributed by atoms with van der Waals surface area (Å²) in [7, 11) is 1.27. The van der Waals surface area contributed by atoms with E-state index in [0.717, 1.165) is 0 Å². The maximum atomic E-state index is 11.4. The van der Waals surface area contributed by atoms with Gasteiger partial charge >= 0.3 is 11.9 Å². The number of methoxy groups -OCH3 is 1. The molecule has 1 heterocycles. The minimum atomic E-state index is -1.09. The summed E-state index contributed by atoms with van der Waals surface area (Å²) >= 11 is 0. The molecule has 1 saturated heterocycles. The van der Waals surface area contributed by atoms with Crippen molar-refractivity contribution in [3.8, 4) is 0 Å². The van der Waals surface area contributed by atoms with Crippen LogP contribution in [0.15, 0.2) is 0 Å². The van der Waals surface area contributed by atoms with Crippen molar-refractivity contribution in [1.82, 2.24) is 0 Å². The summed E-state index contributed by atoms with van der Waals surface area (Å²) in [5.74, 6) is -0.958. The standard InChI is InChI=1S/C9H14O5/c1-4-13-8(11)9(6(2)14-9)5-7(10)12-3/h6H,4-5H2,1-3H3. The molecule has 5 nitrogen and oxygen atoms in total. The molecular weight excluding hydrogens is 188 g/mol. The van der Waals surface area contributed by atoms with Gasteiger partial charge in [0.1, 0.15) is 0 Å². The van der Waals surface area contributed by atoms with Crippen molar-refractivity contribution >= 4 is 11.9 Å². The van der Waals surface area contributed by atoms with Crippen molar-refractivity contribution in [2.75, 3.05) is 13.7 Å². The molecule has 1 rings (SSSR count). The zero-order valence-corrected chi connectivity index (χ0v) is 8.53. The molecule has 0 aromatic carbocycles. The van der Waals surface area contributed by atoms with Gasteiger partial charge in [-0.3, -0.25) is 4.79 Å². The predicted molar refractivity (Wildman–Crippen MR) is 46.5 cm³/mol. The third-order valence-corrected chi connectivity index (χ3v) is 2.24. The molecule has 2 atom stereocenters. The Hall–Kier alpha value is -1.10. The lowest BCUT2D eigenvalue weighted by Gasteiger charge is -2.09. The maximum Gasteiger partial charge on any atom is 0.341 e. The average Bonchev–Trinajstić information content (AvgIpc) is 2.78. The number of carbonyl (C=O) groups excluding carboxylic acids is 2. The molecule has 0 radical (unpaired) electrons. The second kappa shape index (κ2) is 3.96. The topological polar surface area (TPSA) is 65.1 Å². The van der Waals surface area contributed by atoms with Gasteiger partial charge in [-0.25, -0.2) is 4.79 Å². The Morgan fingerprint density at radius 2 is 2.07 bits per heavy atom. The van der Waals surface area contributed by atoms with Crippen molar-refractivity contribution in [2.24, 2.45) is 0 Å². The van der Waals surface area contributed by atoms with Gasteiger partial charge in [0.15, 0.2) is 0 Å². The van der Waals surface area contributed by atoms with E-state index >= 15 is 0 Å². The lowest BCUT2D eigenvalue weighted by atomic mass is 10.0. The molecule has 0 aromatic rings. The predicted octanol–water partition coefficient (Wildman–Crippen LogP) is 0.270. The average molecular weight is 202 g/mol. The SMILES string of the molecule is CCOC(=O)C1(CC(=O)OC)OC1C. The fourth-order valence-corrected chi connectivity index (χ4v) is 1.29. The third kappa shape index (κ3) is 1.87. The monoisotopic (exact) mass is 202 g/mol. The third-order valence-electron chi connectivity index (χ3n) is 2.24. The number of hydrogen-bond donors (Lipinski definition) is 0. The Balaban J connectivity index is 2.60. The first kappa shape index (κ1) is 11.0. The lowest BCUT2D eigenvalue weighted by molar-refractivity contribution is -0.155. The molecule has 2 unspecified atom stereocenters. The molecule has 80 valence electrons. The van der Waals surface area contributed by atoms with Crippen LogP contribution in [0.3, 0.4) is 0 Å². The first-order chi connectivity index (χ1) is 6.56. The Bertz CT molecular complexity index is 250. The normalized spacial score (nSPS) is 29.5. The zero-order chi connectivity index (χ0) is 10.8. The molecule has 0 amide bonds. The van der Waals surface area contributed by atoms with Crippen LogP contribution in [0.4, 0.5) is 0 Å². The fourth-order valence-electron chi connectivity index (χ4n) is 1.29. The van der Waals surface area contributed by atoms with E-state index in [1.807, 2.05) is 0 Å². The highest BCUT2D eigenvalue weighted by Gasteiger charge is 2.62. The van der Waals surface area contributed by atoms with Crippen molar-refractivity contribution in [2.45, 2.75) is 32.0 Å². The van der Waals surface area contributed by atoms with Gasteiger partial charge < -0.3 is 14.2 Å².